The number of carbonyl (C=O) groups is 1. The van der Waals surface area contributed by atoms with Crippen molar-refractivity contribution in [1.82, 2.24) is 10.4 Å². The van der Waals surface area contributed by atoms with Crippen molar-refractivity contribution in [2.24, 2.45) is 11.0 Å². The van der Waals surface area contributed by atoms with Gasteiger partial charge in [0.25, 0.3) is 5.91 Å². The van der Waals surface area contributed by atoms with Crippen LogP contribution in [0, 0.1) is 5.92 Å². The highest BCUT2D eigenvalue weighted by molar-refractivity contribution is 6.00. The number of amides is 1. The summed E-state index contributed by atoms with van der Waals surface area (Å²) in [4.78, 5) is 16.1. The Balaban J connectivity index is 1.90. The molecule has 0 bridgehead atoms. The second-order valence-electron chi connectivity index (χ2n) is 5.93. The van der Waals surface area contributed by atoms with Crippen molar-refractivity contribution in [2.45, 2.75) is 27.2 Å². The molecular weight excluding hydrogens is 302 g/mol. The highest BCUT2D eigenvalue weighted by Crippen LogP contribution is 2.13. The van der Waals surface area contributed by atoms with Gasteiger partial charge >= 0.3 is 0 Å². The molecule has 1 aromatic heterocycles. The second-order valence-corrected chi connectivity index (χ2v) is 5.93. The molecule has 5 nitrogen and oxygen atoms in total. The Morgan fingerprint density at radius 3 is 2.42 bits per heavy atom. The maximum atomic E-state index is 12.1. The topological polar surface area (TPSA) is 63.6 Å². The van der Waals surface area contributed by atoms with Crippen LogP contribution in [0.4, 0.5) is 0 Å². The predicted molar refractivity (Wildman–Crippen MR) is 95.3 cm³/mol. The molecule has 0 saturated carbocycles. The lowest BCUT2D eigenvalue weighted by Crippen LogP contribution is -2.19. The number of nitrogens with one attached hydrogen (secondary N) is 1. The molecule has 5 heteroatoms. The van der Waals surface area contributed by atoms with Gasteiger partial charge in [-0.2, -0.15) is 5.10 Å². The van der Waals surface area contributed by atoms with Gasteiger partial charge < -0.3 is 4.74 Å². The first-order valence-corrected chi connectivity index (χ1v) is 8.04. The summed E-state index contributed by atoms with van der Waals surface area (Å²) in [5.74, 6) is 1.12. The van der Waals surface area contributed by atoms with Crippen molar-refractivity contribution < 1.29 is 9.53 Å². The van der Waals surface area contributed by atoms with Crippen molar-refractivity contribution in [3.63, 3.8) is 0 Å². The Hall–Kier alpha value is -2.69. The number of hydrogen-bond donors (Lipinski definition) is 1. The molecule has 0 saturated heterocycles. The zero-order valence-electron chi connectivity index (χ0n) is 14.3. The SMILES string of the molecule is C/C(=N/NC(=O)c1ccc(OCCC(C)C)cc1)c1ccncc1. The second kappa shape index (κ2) is 8.82. The average molecular weight is 325 g/mol. The number of hydrogen-bond acceptors (Lipinski definition) is 4. The Kier molecular flexibility index (Phi) is 6.49. The van der Waals surface area contributed by atoms with Gasteiger partial charge in [-0.25, -0.2) is 5.43 Å². The molecule has 1 aromatic carbocycles. The van der Waals surface area contributed by atoms with E-state index in [9.17, 15) is 4.79 Å². The van der Waals surface area contributed by atoms with E-state index in [1.165, 1.54) is 0 Å². The minimum atomic E-state index is -0.253. The smallest absolute Gasteiger partial charge is 0.271 e. The van der Waals surface area contributed by atoms with Crippen LogP contribution in [0.15, 0.2) is 53.9 Å². The summed E-state index contributed by atoms with van der Waals surface area (Å²) in [6.07, 6.45) is 4.38. The summed E-state index contributed by atoms with van der Waals surface area (Å²) in [5, 5.41) is 4.12. The van der Waals surface area contributed by atoms with Crippen LogP contribution in [0.25, 0.3) is 0 Å². The van der Waals surface area contributed by atoms with Crippen LogP contribution in [0.1, 0.15) is 43.1 Å². The lowest BCUT2D eigenvalue weighted by molar-refractivity contribution is 0.0955. The molecule has 0 fully saturated rings. The molecule has 0 unspecified atom stereocenters. The minimum absolute atomic E-state index is 0.253. The molecule has 0 spiro atoms. The Labute approximate surface area is 142 Å². The average Bonchev–Trinajstić information content (AvgIpc) is 2.60. The largest absolute Gasteiger partial charge is 0.494 e. The van der Waals surface area contributed by atoms with Gasteiger partial charge in [0.05, 0.1) is 12.3 Å². The number of nitrogens with zero attached hydrogens (tertiary/aromatic N) is 2. The standard InChI is InChI=1S/C19H23N3O2/c1-14(2)10-13-24-18-6-4-17(5-7-18)19(23)22-21-15(3)16-8-11-20-12-9-16/h4-9,11-12,14H,10,13H2,1-3H3,(H,22,23)/b21-15-. The first-order chi connectivity index (χ1) is 11.6. The third-order valence-electron chi connectivity index (χ3n) is 3.50. The van der Waals surface area contributed by atoms with Crippen LogP contribution in [0.5, 0.6) is 5.75 Å². The van der Waals surface area contributed by atoms with E-state index in [0.717, 1.165) is 23.4 Å². The lowest BCUT2D eigenvalue weighted by atomic mass is 10.1. The summed E-state index contributed by atoms with van der Waals surface area (Å²) in [5.41, 5.74) is 4.74. The number of benzene rings is 1. The summed E-state index contributed by atoms with van der Waals surface area (Å²) in [7, 11) is 0. The summed E-state index contributed by atoms with van der Waals surface area (Å²) < 4.78 is 5.64. The van der Waals surface area contributed by atoms with E-state index >= 15 is 0 Å². The van der Waals surface area contributed by atoms with Crippen LogP contribution in [0.3, 0.4) is 0 Å². The highest BCUT2D eigenvalue weighted by Gasteiger charge is 2.05. The van der Waals surface area contributed by atoms with E-state index in [4.69, 9.17) is 4.74 Å². The number of pyridine rings is 1. The summed E-state index contributed by atoms with van der Waals surface area (Å²) in [6, 6.07) is 10.8. The van der Waals surface area contributed by atoms with Crippen LogP contribution in [-0.4, -0.2) is 23.2 Å². The molecule has 1 heterocycles. The van der Waals surface area contributed by atoms with E-state index in [-0.39, 0.29) is 5.91 Å². The fourth-order valence-corrected chi connectivity index (χ4v) is 1.97. The number of carbonyl (C=O) groups excluding carboxylic acids is 1. The van der Waals surface area contributed by atoms with Gasteiger partial charge in [0.1, 0.15) is 5.75 Å². The number of ether oxygens (including phenoxy) is 1. The zero-order chi connectivity index (χ0) is 17.4. The van der Waals surface area contributed by atoms with Crippen molar-refractivity contribution >= 4 is 11.6 Å². The molecule has 0 radical (unpaired) electrons. The molecular formula is C19H23N3O2. The first kappa shape index (κ1) is 17.7. The van der Waals surface area contributed by atoms with Gasteiger partial charge in [-0.05, 0) is 55.7 Å². The normalized spacial score (nSPS) is 11.4. The Bertz CT molecular complexity index is 680. The predicted octanol–water partition coefficient (Wildman–Crippen LogP) is 3.66. The van der Waals surface area contributed by atoms with E-state index in [0.29, 0.717) is 18.1 Å². The van der Waals surface area contributed by atoms with Crippen molar-refractivity contribution in [3.8, 4) is 5.75 Å². The quantitative estimate of drug-likeness (QED) is 0.624. The Morgan fingerprint density at radius 2 is 1.79 bits per heavy atom. The van der Waals surface area contributed by atoms with Gasteiger partial charge in [0, 0.05) is 23.5 Å². The van der Waals surface area contributed by atoms with Crippen molar-refractivity contribution in [2.75, 3.05) is 6.61 Å². The monoisotopic (exact) mass is 325 g/mol. The number of rotatable bonds is 7. The van der Waals surface area contributed by atoms with Gasteiger partial charge in [-0.15, -0.1) is 0 Å². The number of aromatic nitrogens is 1. The molecule has 24 heavy (non-hydrogen) atoms. The molecule has 0 aliphatic carbocycles. The lowest BCUT2D eigenvalue weighted by Gasteiger charge is -2.08. The molecule has 1 amide bonds. The van der Waals surface area contributed by atoms with Gasteiger partial charge in [0.2, 0.25) is 0 Å². The zero-order valence-corrected chi connectivity index (χ0v) is 14.3. The maximum Gasteiger partial charge on any atom is 0.271 e. The molecule has 1 N–H and O–H groups in total. The summed E-state index contributed by atoms with van der Waals surface area (Å²) in [6.45, 7) is 6.83. The fourth-order valence-electron chi connectivity index (χ4n) is 1.97. The van der Waals surface area contributed by atoms with Gasteiger partial charge in [-0.1, -0.05) is 13.8 Å². The molecule has 0 aliphatic rings. The van der Waals surface area contributed by atoms with E-state index < -0.39 is 0 Å². The fraction of sp³-hybridized carbons (Fsp3) is 0.316. The van der Waals surface area contributed by atoms with Crippen LogP contribution >= 0.6 is 0 Å². The molecule has 0 aliphatic heterocycles. The van der Waals surface area contributed by atoms with Crippen LogP contribution in [-0.2, 0) is 0 Å². The maximum absolute atomic E-state index is 12.1. The third-order valence-corrected chi connectivity index (χ3v) is 3.50. The minimum Gasteiger partial charge on any atom is -0.494 e. The summed E-state index contributed by atoms with van der Waals surface area (Å²) >= 11 is 0. The number of hydrazone groups is 1. The highest BCUT2D eigenvalue weighted by atomic mass is 16.5. The van der Waals surface area contributed by atoms with Crippen molar-refractivity contribution in [1.29, 1.82) is 0 Å². The molecule has 2 rings (SSSR count). The molecule has 126 valence electrons. The van der Waals surface area contributed by atoms with Crippen LogP contribution in [0.2, 0.25) is 0 Å². The molecule has 0 atom stereocenters. The third kappa shape index (κ3) is 5.50. The van der Waals surface area contributed by atoms with E-state index in [1.807, 2.05) is 19.1 Å². The molecule has 2 aromatic rings. The van der Waals surface area contributed by atoms with Crippen molar-refractivity contribution in [3.05, 3.63) is 59.9 Å². The Morgan fingerprint density at radius 1 is 1.12 bits per heavy atom. The van der Waals surface area contributed by atoms with E-state index in [1.54, 1.807) is 36.7 Å². The van der Waals surface area contributed by atoms with Crippen LogP contribution < -0.4 is 10.2 Å². The van der Waals surface area contributed by atoms with Gasteiger partial charge in [0.15, 0.2) is 0 Å². The van der Waals surface area contributed by atoms with E-state index in [2.05, 4.69) is 29.4 Å². The first-order valence-electron chi connectivity index (χ1n) is 8.04. The van der Waals surface area contributed by atoms with Gasteiger partial charge in [-0.3, -0.25) is 9.78 Å².